The Morgan fingerprint density at radius 3 is 2.10 bits per heavy atom. The van der Waals surface area contributed by atoms with Gasteiger partial charge in [0.2, 0.25) is 0 Å². The van der Waals surface area contributed by atoms with E-state index in [2.05, 4.69) is 50.8 Å². The Bertz CT molecular complexity index is 1420. The van der Waals surface area contributed by atoms with Crippen LogP contribution in [0, 0.1) is 0 Å². The van der Waals surface area contributed by atoms with Gasteiger partial charge in [0, 0.05) is 12.8 Å². The van der Waals surface area contributed by atoms with Crippen molar-refractivity contribution in [1.29, 1.82) is 0 Å². The van der Waals surface area contributed by atoms with Crippen molar-refractivity contribution in [3.8, 4) is 5.75 Å². The topological polar surface area (TPSA) is 83.1 Å². The zero-order chi connectivity index (χ0) is 29.5. The lowest BCUT2D eigenvalue weighted by molar-refractivity contribution is 0.146. The first-order valence-electron chi connectivity index (χ1n) is 13.7. The second kappa shape index (κ2) is 13.5. The number of phenols is 1. The SMILES string of the molecule is CC(C)(C)[Si](OCC(=C=CC[C@@H](O)c1ccc(O)cc1Cl)C[C@@H](O)c1ccco1)(c1ccccc1)c1ccccc1. The van der Waals surface area contributed by atoms with E-state index in [1.807, 2.05) is 36.4 Å². The van der Waals surface area contributed by atoms with Gasteiger partial charge in [-0.05, 0) is 56.9 Å². The summed E-state index contributed by atoms with van der Waals surface area (Å²) in [5.41, 5.74) is 4.56. The number of phenolic OH excluding ortho intramolecular Hbond substituents is 1. The molecule has 7 heteroatoms. The van der Waals surface area contributed by atoms with E-state index < -0.39 is 20.5 Å². The quantitative estimate of drug-likeness (QED) is 0.132. The molecule has 1 aromatic heterocycles. The number of rotatable bonds is 11. The Balaban J connectivity index is 1.69. The molecule has 0 aliphatic carbocycles. The van der Waals surface area contributed by atoms with Crippen molar-refractivity contribution < 1.29 is 24.2 Å². The lowest BCUT2D eigenvalue weighted by atomic mass is 10.0. The van der Waals surface area contributed by atoms with Gasteiger partial charge in [0.05, 0.1) is 24.0 Å². The number of hydrogen-bond donors (Lipinski definition) is 3. The molecule has 4 rings (SSSR count). The molecule has 5 nitrogen and oxygen atoms in total. The molecule has 4 aromatic rings. The first-order valence-corrected chi connectivity index (χ1v) is 16.0. The summed E-state index contributed by atoms with van der Waals surface area (Å²) >= 11 is 6.23. The largest absolute Gasteiger partial charge is 0.508 e. The fourth-order valence-corrected chi connectivity index (χ4v) is 10.0. The van der Waals surface area contributed by atoms with Crippen molar-refractivity contribution in [2.45, 2.75) is 50.9 Å². The molecule has 0 unspecified atom stereocenters. The van der Waals surface area contributed by atoms with E-state index in [9.17, 15) is 15.3 Å². The molecule has 0 fully saturated rings. The molecule has 0 radical (unpaired) electrons. The molecule has 41 heavy (non-hydrogen) atoms. The minimum absolute atomic E-state index is 0.0380. The van der Waals surface area contributed by atoms with E-state index in [0.717, 1.165) is 15.9 Å². The van der Waals surface area contributed by atoms with Crippen LogP contribution in [0.4, 0.5) is 0 Å². The third kappa shape index (κ3) is 7.30. The van der Waals surface area contributed by atoms with Crippen LogP contribution < -0.4 is 10.4 Å². The molecule has 3 N–H and O–H groups in total. The first-order chi connectivity index (χ1) is 19.6. The number of aliphatic hydroxyl groups is 2. The molecule has 0 amide bonds. The Morgan fingerprint density at radius 1 is 0.927 bits per heavy atom. The lowest BCUT2D eigenvalue weighted by Crippen LogP contribution is -2.66. The zero-order valence-electron chi connectivity index (χ0n) is 23.6. The molecular weight excluding hydrogens is 552 g/mol. The normalized spacial score (nSPS) is 13.3. The third-order valence-corrected chi connectivity index (χ3v) is 12.5. The van der Waals surface area contributed by atoms with Crippen LogP contribution in [0.1, 0.15) is 57.1 Å². The van der Waals surface area contributed by atoms with Crippen LogP contribution >= 0.6 is 11.6 Å². The first kappa shape index (κ1) is 30.6. The van der Waals surface area contributed by atoms with Gasteiger partial charge in [-0.1, -0.05) is 99.1 Å². The lowest BCUT2D eigenvalue weighted by Gasteiger charge is -2.43. The molecule has 0 aliphatic heterocycles. The maximum absolute atomic E-state index is 10.9. The van der Waals surface area contributed by atoms with Gasteiger partial charge in [-0.3, -0.25) is 0 Å². The molecule has 0 spiro atoms. The highest BCUT2D eigenvalue weighted by molar-refractivity contribution is 6.99. The molecule has 2 atom stereocenters. The summed E-state index contributed by atoms with van der Waals surface area (Å²) in [5.74, 6) is 0.502. The van der Waals surface area contributed by atoms with Crippen molar-refractivity contribution in [3.05, 3.63) is 131 Å². The molecule has 0 bridgehead atoms. The summed E-state index contributed by atoms with van der Waals surface area (Å²) < 4.78 is 12.5. The van der Waals surface area contributed by atoms with Crippen molar-refractivity contribution in [1.82, 2.24) is 0 Å². The van der Waals surface area contributed by atoms with Crippen LogP contribution in [0.15, 0.2) is 119 Å². The fourth-order valence-electron chi connectivity index (χ4n) is 5.16. The monoisotopic (exact) mass is 588 g/mol. The van der Waals surface area contributed by atoms with Gasteiger partial charge >= 0.3 is 0 Å². The summed E-state index contributed by atoms with van der Waals surface area (Å²) in [7, 11) is -2.83. The van der Waals surface area contributed by atoms with Gasteiger partial charge in [-0.15, -0.1) is 5.73 Å². The predicted octanol–water partition coefficient (Wildman–Crippen LogP) is 6.84. The Labute approximate surface area is 248 Å². The van der Waals surface area contributed by atoms with E-state index >= 15 is 0 Å². The summed E-state index contributed by atoms with van der Waals surface area (Å²) in [6, 6.07) is 28.7. The van der Waals surface area contributed by atoms with Crippen LogP contribution in [-0.4, -0.2) is 30.2 Å². The minimum Gasteiger partial charge on any atom is -0.508 e. The molecule has 214 valence electrons. The smallest absolute Gasteiger partial charge is 0.261 e. The summed E-state index contributed by atoms with van der Waals surface area (Å²) in [6.45, 7) is 6.88. The Kier molecular flexibility index (Phi) is 10.1. The van der Waals surface area contributed by atoms with Crippen LogP contribution in [-0.2, 0) is 4.43 Å². The van der Waals surface area contributed by atoms with E-state index in [4.69, 9.17) is 20.4 Å². The second-order valence-electron chi connectivity index (χ2n) is 11.1. The van der Waals surface area contributed by atoms with E-state index in [1.54, 1.807) is 24.3 Å². The van der Waals surface area contributed by atoms with Crippen molar-refractivity contribution in [2.24, 2.45) is 0 Å². The highest BCUT2D eigenvalue weighted by Gasteiger charge is 2.50. The number of aromatic hydroxyl groups is 1. The second-order valence-corrected chi connectivity index (χ2v) is 15.8. The number of hydrogen-bond acceptors (Lipinski definition) is 5. The van der Waals surface area contributed by atoms with Crippen LogP contribution in [0.2, 0.25) is 10.1 Å². The molecular formula is C34H37ClO5Si. The molecule has 0 aliphatic rings. The average Bonchev–Trinajstić information content (AvgIpc) is 3.49. The molecule has 1 heterocycles. The Morgan fingerprint density at radius 2 is 1.56 bits per heavy atom. The van der Waals surface area contributed by atoms with Gasteiger partial charge in [-0.2, -0.15) is 0 Å². The van der Waals surface area contributed by atoms with Crippen LogP contribution in [0.25, 0.3) is 0 Å². The number of halogens is 1. The number of furan rings is 1. The van der Waals surface area contributed by atoms with Crippen molar-refractivity contribution >= 4 is 30.3 Å². The molecule has 3 aromatic carbocycles. The summed E-state index contributed by atoms with van der Waals surface area (Å²) in [5, 5.41) is 33.8. The van der Waals surface area contributed by atoms with E-state index in [1.165, 1.54) is 18.4 Å². The van der Waals surface area contributed by atoms with Crippen molar-refractivity contribution in [3.63, 3.8) is 0 Å². The van der Waals surface area contributed by atoms with Crippen molar-refractivity contribution in [2.75, 3.05) is 6.61 Å². The highest BCUT2D eigenvalue weighted by Crippen LogP contribution is 2.37. The standard InChI is InChI=1S/C34H37ClO5Si/c1-34(2,3)41(27-13-6-4-7-14-27,28-15-8-5-9-16-28)40-24-25(22-32(38)33-18-11-21-39-33)12-10-17-31(37)29-20-19-26(36)23-30(29)35/h4-11,13-16,18-21,23,31-32,36-38H,17,22,24H2,1-3H3/t12?,31-,32-/m1/s1. The minimum atomic E-state index is -2.83. The Hall–Kier alpha value is -3.35. The fraction of sp³-hybridized carbons (Fsp3) is 0.265. The maximum Gasteiger partial charge on any atom is 0.261 e. The van der Waals surface area contributed by atoms with Gasteiger partial charge < -0.3 is 24.2 Å². The number of aliphatic hydroxyl groups excluding tert-OH is 2. The van der Waals surface area contributed by atoms with E-state index in [-0.39, 0.29) is 30.2 Å². The summed E-state index contributed by atoms with van der Waals surface area (Å²) in [6.07, 6.45) is 2.01. The zero-order valence-corrected chi connectivity index (χ0v) is 25.4. The van der Waals surface area contributed by atoms with Gasteiger partial charge in [0.1, 0.15) is 17.6 Å². The molecule has 0 saturated heterocycles. The van der Waals surface area contributed by atoms with Crippen LogP contribution in [0.3, 0.4) is 0 Å². The average molecular weight is 589 g/mol. The highest BCUT2D eigenvalue weighted by atomic mass is 35.5. The third-order valence-electron chi connectivity index (χ3n) is 7.18. The van der Waals surface area contributed by atoms with Gasteiger partial charge in [0.15, 0.2) is 0 Å². The maximum atomic E-state index is 10.9. The van der Waals surface area contributed by atoms with Crippen LogP contribution in [0.5, 0.6) is 5.75 Å². The van der Waals surface area contributed by atoms with Gasteiger partial charge in [-0.25, -0.2) is 0 Å². The summed E-state index contributed by atoms with van der Waals surface area (Å²) in [4.78, 5) is 0. The van der Waals surface area contributed by atoms with Gasteiger partial charge in [0.25, 0.3) is 8.32 Å². The number of benzene rings is 3. The van der Waals surface area contributed by atoms with E-state index in [0.29, 0.717) is 16.3 Å². The molecule has 0 saturated carbocycles. The predicted molar refractivity (Wildman–Crippen MR) is 166 cm³/mol.